The number of nitrogens with one attached hydrogen (secondary N) is 2. The third-order valence-electron chi connectivity index (χ3n) is 4.12. The molecule has 1 unspecified atom stereocenters. The monoisotopic (exact) mass is 419 g/mol. The van der Waals surface area contributed by atoms with E-state index in [0.29, 0.717) is 22.5 Å². The van der Waals surface area contributed by atoms with Crippen LogP contribution in [0, 0.1) is 11.6 Å². The molecule has 0 saturated carbocycles. The number of anilines is 2. The lowest BCUT2D eigenvalue weighted by atomic mass is 10.0. The van der Waals surface area contributed by atoms with Gasteiger partial charge in [-0.05, 0) is 36.4 Å². The van der Waals surface area contributed by atoms with Crippen molar-refractivity contribution in [2.45, 2.75) is 0 Å². The van der Waals surface area contributed by atoms with Crippen molar-refractivity contribution in [1.82, 2.24) is 4.57 Å². The van der Waals surface area contributed by atoms with Gasteiger partial charge in [-0.15, -0.1) is 0 Å². The first kappa shape index (κ1) is 20.5. The number of nitrogens with zero attached hydrogens (tertiary/aromatic N) is 1. The van der Waals surface area contributed by atoms with E-state index in [-0.39, 0.29) is 17.1 Å². The average Bonchev–Trinajstić information content (AvgIpc) is 2.66. The molecule has 0 bridgehead atoms. The summed E-state index contributed by atoms with van der Waals surface area (Å²) in [5.41, 5.74) is 1.83. The summed E-state index contributed by atoms with van der Waals surface area (Å²) in [6.07, 6.45) is 3.10. The summed E-state index contributed by atoms with van der Waals surface area (Å²) in [5.74, 6) is -1.42. The Labute approximate surface area is 168 Å². The van der Waals surface area contributed by atoms with Crippen LogP contribution in [0.1, 0.15) is 0 Å². The SMILES string of the molecule is CNc1cc(-c2cc(NS(C)=O)ccc2Oc2ccc(F)cc2F)cn(C)c1=O. The number of hydrogen-bond acceptors (Lipinski definition) is 4. The zero-order valence-corrected chi connectivity index (χ0v) is 16.8. The second-order valence-electron chi connectivity index (χ2n) is 6.25. The fraction of sp³-hybridized carbons (Fsp3) is 0.150. The van der Waals surface area contributed by atoms with Gasteiger partial charge in [-0.1, -0.05) is 0 Å². The quantitative estimate of drug-likeness (QED) is 0.636. The van der Waals surface area contributed by atoms with E-state index in [0.717, 1.165) is 12.1 Å². The standard InChI is InChI=1S/C20H19F2N3O3S/c1-23-17-8-12(11-25(2)20(17)26)15-10-14(24-29(3)27)5-7-18(15)28-19-6-4-13(21)9-16(19)22/h4-11,23-24H,1-3H3. The van der Waals surface area contributed by atoms with Crippen LogP contribution in [-0.4, -0.2) is 22.1 Å². The summed E-state index contributed by atoms with van der Waals surface area (Å²) in [6, 6.07) is 9.55. The number of pyridine rings is 1. The van der Waals surface area contributed by atoms with Gasteiger partial charge >= 0.3 is 0 Å². The number of hydrogen-bond donors (Lipinski definition) is 2. The van der Waals surface area contributed by atoms with E-state index in [1.807, 2.05) is 0 Å². The van der Waals surface area contributed by atoms with Crippen molar-refractivity contribution in [2.75, 3.05) is 23.3 Å². The number of rotatable bonds is 6. The molecule has 3 rings (SSSR count). The molecule has 6 nitrogen and oxygen atoms in total. The largest absolute Gasteiger partial charge is 0.454 e. The number of ether oxygens (including phenoxy) is 1. The summed E-state index contributed by atoms with van der Waals surface area (Å²) < 4.78 is 48.7. The van der Waals surface area contributed by atoms with Gasteiger partial charge in [0.25, 0.3) is 5.56 Å². The van der Waals surface area contributed by atoms with Gasteiger partial charge in [-0.2, -0.15) is 0 Å². The van der Waals surface area contributed by atoms with Crippen LogP contribution >= 0.6 is 0 Å². The van der Waals surface area contributed by atoms with Gasteiger partial charge in [-0.25, -0.2) is 13.0 Å². The average molecular weight is 419 g/mol. The fourth-order valence-corrected chi connectivity index (χ4v) is 3.25. The van der Waals surface area contributed by atoms with Crippen LogP contribution in [0.25, 0.3) is 11.1 Å². The molecule has 2 N–H and O–H groups in total. The van der Waals surface area contributed by atoms with E-state index in [1.54, 1.807) is 44.6 Å². The number of benzene rings is 2. The Morgan fingerprint density at radius 3 is 2.45 bits per heavy atom. The van der Waals surface area contributed by atoms with Gasteiger partial charge in [0.2, 0.25) is 0 Å². The zero-order valence-electron chi connectivity index (χ0n) is 16.0. The first-order valence-corrected chi connectivity index (χ1v) is 10.1. The number of aromatic nitrogens is 1. The lowest BCUT2D eigenvalue weighted by molar-refractivity contribution is 0.439. The highest BCUT2D eigenvalue weighted by Crippen LogP contribution is 2.37. The number of halogens is 2. The van der Waals surface area contributed by atoms with E-state index in [1.165, 1.54) is 16.9 Å². The van der Waals surface area contributed by atoms with Crippen LogP contribution in [-0.2, 0) is 18.0 Å². The zero-order chi connectivity index (χ0) is 21.1. The Kier molecular flexibility index (Phi) is 5.97. The Bertz CT molecular complexity index is 1150. The second-order valence-corrected chi connectivity index (χ2v) is 7.36. The molecule has 0 fully saturated rings. The maximum absolute atomic E-state index is 14.1. The number of aryl methyl sites for hydroxylation is 1. The maximum atomic E-state index is 14.1. The Balaban J connectivity index is 2.15. The summed E-state index contributed by atoms with van der Waals surface area (Å²) in [6.45, 7) is 0. The van der Waals surface area contributed by atoms with Crippen molar-refractivity contribution in [2.24, 2.45) is 7.05 Å². The van der Waals surface area contributed by atoms with Gasteiger partial charge in [0.15, 0.2) is 11.6 Å². The van der Waals surface area contributed by atoms with Crippen LogP contribution in [0.15, 0.2) is 53.5 Å². The maximum Gasteiger partial charge on any atom is 0.273 e. The minimum absolute atomic E-state index is 0.147. The van der Waals surface area contributed by atoms with E-state index in [4.69, 9.17) is 4.74 Å². The molecule has 1 atom stereocenters. The van der Waals surface area contributed by atoms with Crippen molar-refractivity contribution in [1.29, 1.82) is 0 Å². The van der Waals surface area contributed by atoms with Gasteiger partial charge < -0.3 is 19.3 Å². The highest BCUT2D eigenvalue weighted by Gasteiger charge is 2.15. The molecule has 0 radical (unpaired) electrons. The van der Waals surface area contributed by atoms with Crippen LogP contribution in [0.3, 0.4) is 0 Å². The molecule has 0 aliphatic heterocycles. The summed E-state index contributed by atoms with van der Waals surface area (Å²) >= 11 is 0. The van der Waals surface area contributed by atoms with Crippen molar-refractivity contribution >= 4 is 22.4 Å². The van der Waals surface area contributed by atoms with Crippen LogP contribution in [0.2, 0.25) is 0 Å². The lowest BCUT2D eigenvalue weighted by Crippen LogP contribution is -2.19. The third-order valence-corrected chi connectivity index (χ3v) is 4.64. The summed E-state index contributed by atoms with van der Waals surface area (Å²) in [5, 5.41) is 2.84. The van der Waals surface area contributed by atoms with Gasteiger partial charge in [-0.3, -0.25) is 4.79 Å². The first-order chi connectivity index (χ1) is 13.8. The van der Waals surface area contributed by atoms with Crippen LogP contribution < -0.4 is 20.3 Å². The van der Waals surface area contributed by atoms with E-state index in [2.05, 4.69) is 10.0 Å². The van der Waals surface area contributed by atoms with Crippen molar-refractivity contribution in [3.8, 4) is 22.6 Å². The molecule has 1 aromatic heterocycles. The first-order valence-electron chi connectivity index (χ1n) is 8.54. The molecule has 0 aliphatic rings. The van der Waals surface area contributed by atoms with Gasteiger partial charge in [0.1, 0.15) is 28.2 Å². The lowest BCUT2D eigenvalue weighted by Gasteiger charge is -2.15. The van der Waals surface area contributed by atoms with E-state index in [9.17, 15) is 17.8 Å². The molecule has 0 amide bonds. The third kappa shape index (κ3) is 4.62. The Morgan fingerprint density at radius 2 is 1.79 bits per heavy atom. The normalized spacial score (nSPS) is 11.8. The van der Waals surface area contributed by atoms with Crippen molar-refractivity contribution in [3.05, 3.63) is 70.6 Å². The molecule has 2 aromatic carbocycles. The van der Waals surface area contributed by atoms with Crippen molar-refractivity contribution in [3.63, 3.8) is 0 Å². The molecular weight excluding hydrogens is 400 g/mol. The molecule has 0 saturated heterocycles. The molecule has 9 heteroatoms. The summed E-state index contributed by atoms with van der Waals surface area (Å²) in [7, 11) is 1.93. The fourth-order valence-electron chi connectivity index (χ4n) is 2.79. The predicted molar refractivity (Wildman–Crippen MR) is 111 cm³/mol. The molecule has 152 valence electrons. The van der Waals surface area contributed by atoms with Crippen LogP contribution in [0.5, 0.6) is 11.5 Å². The molecule has 0 spiro atoms. The van der Waals surface area contributed by atoms with E-state index < -0.39 is 22.6 Å². The summed E-state index contributed by atoms with van der Waals surface area (Å²) in [4.78, 5) is 12.2. The van der Waals surface area contributed by atoms with Gasteiger partial charge in [0.05, 0.1) is 0 Å². The molecular formula is C20H19F2N3O3S. The van der Waals surface area contributed by atoms with Crippen molar-refractivity contribution < 1.29 is 17.7 Å². The highest BCUT2D eigenvalue weighted by molar-refractivity contribution is 7.85. The smallest absolute Gasteiger partial charge is 0.273 e. The topological polar surface area (TPSA) is 72.4 Å². The molecule has 0 aliphatic carbocycles. The van der Waals surface area contributed by atoms with Crippen LogP contribution in [0.4, 0.5) is 20.2 Å². The molecule has 29 heavy (non-hydrogen) atoms. The molecule has 3 aromatic rings. The molecule has 1 heterocycles. The minimum atomic E-state index is -1.31. The van der Waals surface area contributed by atoms with Gasteiger partial charge in [0, 0.05) is 49.4 Å². The highest BCUT2D eigenvalue weighted by atomic mass is 32.2. The van der Waals surface area contributed by atoms with E-state index >= 15 is 0 Å². The Hall–Kier alpha value is -3.20. The minimum Gasteiger partial charge on any atom is -0.454 e. The second kappa shape index (κ2) is 8.44. The Morgan fingerprint density at radius 1 is 1.07 bits per heavy atom. The predicted octanol–water partition coefficient (Wildman–Crippen LogP) is 3.87.